The molecule has 33 heavy (non-hydrogen) atoms. The highest BCUT2D eigenvalue weighted by molar-refractivity contribution is 5.50. The fourth-order valence-electron chi connectivity index (χ4n) is 4.94. The van der Waals surface area contributed by atoms with Crippen molar-refractivity contribution >= 4 is 0 Å². The Hall–Kier alpha value is -2.54. The van der Waals surface area contributed by atoms with Crippen molar-refractivity contribution < 1.29 is 29.5 Å². The van der Waals surface area contributed by atoms with Gasteiger partial charge in [0.15, 0.2) is 6.10 Å². The van der Waals surface area contributed by atoms with Crippen molar-refractivity contribution in [1.82, 2.24) is 0 Å². The first-order valence-corrected chi connectivity index (χ1v) is 11.6. The second kappa shape index (κ2) is 10.2. The molecule has 1 aliphatic heterocycles. The molecule has 3 N–H and O–H groups in total. The minimum absolute atomic E-state index is 0.322. The Bertz CT molecular complexity index is 977. The van der Waals surface area contributed by atoms with E-state index in [0.29, 0.717) is 29.4 Å². The van der Waals surface area contributed by atoms with Gasteiger partial charge in [-0.05, 0) is 55.0 Å². The summed E-state index contributed by atoms with van der Waals surface area (Å²) in [6.45, 7) is 2.02. The third kappa shape index (κ3) is 4.88. The predicted molar refractivity (Wildman–Crippen MR) is 125 cm³/mol. The van der Waals surface area contributed by atoms with Gasteiger partial charge < -0.3 is 29.5 Å². The molecular formula is C27H34O6. The average molecular weight is 455 g/mol. The van der Waals surface area contributed by atoms with E-state index in [-0.39, 0.29) is 0 Å². The molecule has 0 amide bonds. The minimum Gasteiger partial charge on any atom is -0.497 e. The van der Waals surface area contributed by atoms with Gasteiger partial charge in [0.25, 0.3) is 0 Å². The highest BCUT2D eigenvalue weighted by atomic mass is 16.5. The first-order chi connectivity index (χ1) is 15.9. The SMILES string of the molecule is COc1ccc(Cc2c(C)ccc([C@@H]3OC(=CC4CCCC4)[C@@H](O)[C@H](O)[C@H]3O)c2OC)cc1. The molecule has 2 aromatic carbocycles. The Balaban J connectivity index is 1.68. The lowest BCUT2D eigenvalue weighted by Gasteiger charge is -2.38. The first kappa shape index (κ1) is 23.6. The summed E-state index contributed by atoms with van der Waals surface area (Å²) in [6, 6.07) is 11.7. The van der Waals surface area contributed by atoms with E-state index in [1.165, 1.54) is 0 Å². The molecule has 2 aliphatic rings. The molecule has 1 saturated carbocycles. The molecule has 0 unspecified atom stereocenters. The predicted octanol–water partition coefficient (Wildman–Crippen LogP) is 3.83. The van der Waals surface area contributed by atoms with E-state index in [2.05, 4.69) is 0 Å². The van der Waals surface area contributed by atoms with Crippen molar-refractivity contribution in [2.75, 3.05) is 14.2 Å². The van der Waals surface area contributed by atoms with Crippen molar-refractivity contribution in [3.8, 4) is 11.5 Å². The molecule has 1 saturated heterocycles. The molecule has 6 heteroatoms. The highest BCUT2D eigenvalue weighted by Gasteiger charge is 2.43. The molecule has 1 heterocycles. The lowest BCUT2D eigenvalue weighted by molar-refractivity contribution is -0.158. The van der Waals surface area contributed by atoms with E-state index in [9.17, 15) is 15.3 Å². The van der Waals surface area contributed by atoms with Crippen molar-refractivity contribution in [2.24, 2.45) is 5.92 Å². The summed E-state index contributed by atoms with van der Waals surface area (Å²) >= 11 is 0. The Kier molecular flexibility index (Phi) is 7.27. The van der Waals surface area contributed by atoms with Crippen LogP contribution in [0.4, 0.5) is 0 Å². The largest absolute Gasteiger partial charge is 0.497 e. The van der Waals surface area contributed by atoms with E-state index in [0.717, 1.165) is 48.1 Å². The zero-order valence-corrected chi connectivity index (χ0v) is 19.5. The van der Waals surface area contributed by atoms with E-state index >= 15 is 0 Å². The fourth-order valence-corrected chi connectivity index (χ4v) is 4.94. The van der Waals surface area contributed by atoms with Crippen molar-refractivity contribution in [3.63, 3.8) is 0 Å². The van der Waals surface area contributed by atoms with Gasteiger partial charge in [0, 0.05) is 17.5 Å². The molecule has 1 aliphatic carbocycles. The van der Waals surface area contributed by atoms with E-state index in [1.807, 2.05) is 49.4 Å². The summed E-state index contributed by atoms with van der Waals surface area (Å²) < 4.78 is 17.2. The number of hydrogen-bond acceptors (Lipinski definition) is 6. The van der Waals surface area contributed by atoms with Gasteiger partial charge in [0.1, 0.15) is 35.6 Å². The number of hydrogen-bond donors (Lipinski definition) is 3. The van der Waals surface area contributed by atoms with Crippen LogP contribution in [0.1, 0.15) is 54.0 Å². The number of allylic oxidation sites excluding steroid dienone is 1. The summed E-state index contributed by atoms with van der Waals surface area (Å²) in [5.74, 6) is 2.08. The van der Waals surface area contributed by atoms with Crippen LogP contribution in [0.5, 0.6) is 11.5 Å². The Morgan fingerprint density at radius 3 is 2.27 bits per heavy atom. The molecule has 0 spiro atoms. The van der Waals surface area contributed by atoms with Gasteiger partial charge in [0.2, 0.25) is 0 Å². The maximum atomic E-state index is 10.8. The lowest BCUT2D eigenvalue weighted by atomic mass is 9.88. The van der Waals surface area contributed by atoms with Crippen molar-refractivity contribution in [2.45, 2.75) is 63.4 Å². The number of methoxy groups -OCH3 is 2. The van der Waals surface area contributed by atoms with E-state index in [4.69, 9.17) is 14.2 Å². The van der Waals surface area contributed by atoms with Gasteiger partial charge in [0.05, 0.1) is 14.2 Å². The number of aliphatic hydroxyl groups excluding tert-OH is 3. The standard InChI is InChI=1S/C27H34O6/c1-16-8-13-20(26(32-3)21(16)14-18-9-11-19(31-2)12-10-18)27-25(30)24(29)23(28)22(33-27)15-17-6-4-5-7-17/h8-13,15,17,23-25,27-30H,4-7,14H2,1-3H3/t23-,24+,25-,27+/m1/s1. The van der Waals surface area contributed by atoms with Crippen LogP contribution in [0.3, 0.4) is 0 Å². The number of aliphatic hydroxyl groups is 3. The minimum atomic E-state index is -1.34. The van der Waals surface area contributed by atoms with Crippen LogP contribution in [0.15, 0.2) is 48.2 Å². The lowest BCUT2D eigenvalue weighted by Crippen LogP contribution is -2.48. The molecule has 178 valence electrons. The quantitative estimate of drug-likeness (QED) is 0.615. The molecule has 6 nitrogen and oxygen atoms in total. The van der Waals surface area contributed by atoms with E-state index < -0.39 is 24.4 Å². The number of benzene rings is 2. The van der Waals surface area contributed by atoms with Crippen LogP contribution in [0, 0.1) is 12.8 Å². The van der Waals surface area contributed by atoms with Gasteiger partial charge in [-0.25, -0.2) is 0 Å². The van der Waals surface area contributed by atoms with Gasteiger partial charge in [-0.1, -0.05) is 37.1 Å². The van der Waals surface area contributed by atoms with Crippen LogP contribution in [0.25, 0.3) is 0 Å². The maximum absolute atomic E-state index is 10.8. The number of aryl methyl sites for hydroxylation is 1. The molecular weight excluding hydrogens is 420 g/mol. The molecule has 0 radical (unpaired) electrons. The highest BCUT2D eigenvalue weighted by Crippen LogP contribution is 2.42. The maximum Gasteiger partial charge on any atom is 0.155 e. The first-order valence-electron chi connectivity index (χ1n) is 11.6. The normalized spacial score (nSPS) is 26.9. The monoisotopic (exact) mass is 454 g/mol. The summed E-state index contributed by atoms with van der Waals surface area (Å²) in [7, 11) is 3.24. The van der Waals surface area contributed by atoms with Gasteiger partial charge >= 0.3 is 0 Å². The summed E-state index contributed by atoms with van der Waals surface area (Å²) in [5.41, 5.74) is 3.79. The zero-order valence-electron chi connectivity index (χ0n) is 19.5. The third-order valence-corrected chi connectivity index (χ3v) is 6.91. The zero-order chi connectivity index (χ0) is 23.5. The smallest absolute Gasteiger partial charge is 0.155 e. The topological polar surface area (TPSA) is 88.4 Å². The summed E-state index contributed by atoms with van der Waals surface area (Å²) in [5, 5.41) is 32.0. The van der Waals surface area contributed by atoms with Crippen LogP contribution in [-0.2, 0) is 11.2 Å². The average Bonchev–Trinajstić information content (AvgIpc) is 3.34. The van der Waals surface area contributed by atoms with E-state index in [1.54, 1.807) is 14.2 Å². The number of ether oxygens (including phenoxy) is 3. The summed E-state index contributed by atoms with van der Waals surface area (Å²) in [4.78, 5) is 0. The van der Waals surface area contributed by atoms with Gasteiger partial charge in [-0.2, -0.15) is 0 Å². The van der Waals surface area contributed by atoms with Gasteiger partial charge in [-0.3, -0.25) is 0 Å². The molecule has 2 fully saturated rings. The molecule has 0 aromatic heterocycles. The van der Waals surface area contributed by atoms with Crippen molar-refractivity contribution in [1.29, 1.82) is 0 Å². The number of rotatable bonds is 6. The summed E-state index contributed by atoms with van der Waals surface area (Å²) in [6.07, 6.45) is 2.24. The Morgan fingerprint density at radius 2 is 1.64 bits per heavy atom. The van der Waals surface area contributed by atoms with Crippen LogP contribution >= 0.6 is 0 Å². The second-order valence-electron chi connectivity index (χ2n) is 9.09. The van der Waals surface area contributed by atoms with Crippen LogP contribution in [-0.4, -0.2) is 47.9 Å². The molecule has 2 aromatic rings. The van der Waals surface area contributed by atoms with Crippen LogP contribution < -0.4 is 9.47 Å². The molecule has 4 rings (SSSR count). The molecule has 4 atom stereocenters. The Labute approximate surface area is 195 Å². The Morgan fingerprint density at radius 1 is 0.939 bits per heavy atom. The molecule has 0 bridgehead atoms. The van der Waals surface area contributed by atoms with Crippen LogP contribution in [0.2, 0.25) is 0 Å². The van der Waals surface area contributed by atoms with Crippen molar-refractivity contribution in [3.05, 3.63) is 70.5 Å². The second-order valence-corrected chi connectivity index (χ2v) is 9.09. The van der Waals surface area contributed by atoms with Gasteiger partial charge in [-0.15, -0.1) is 0 Å². The third-order valence-electron chi connectivity index (χ3n) is 6.91. The fraction of sp³-hybridized carbons (Fsp3) is 0.481.